The third kappa shape index (κ3) is 3.01. The van der Waals surface area contributed by atoms with Crippen LogP contribution in [0.25, 0.3) is 0 Å². The van der Waals surface area contributed by atoms with Gasteiger partial charge in [0.1, 0.15) is 0 Å². The van der Waals surface area contributed by atoms with Gasteiger partial charge >= 0.3 is 0 Å². The van der Waals surface area contributed by atoms with Crippen molar-refractivity contribution >= 4 is 5.69 Å². The van der Waals surface area contributed by atoms with Gasteiger partial charge in [-0.2, -0.15) is 0 Å². The fourth-order valence-electron chi connectivity index (χ4n) is 2.62. The van der Waals surface area contributed by atoms with Crippen LogP contribution in [0.15, 0.2) is 24.3 Å². The van der Waals surface area contributed by atoms with Gasteiger partial charge in [0.05, 0.1) is 0 Å². The molecular weight excluding hydrogens is 208 g/mol. The van der Waals surface area contributed by atoms with Crippen molar-refractivity contribution in [3.8, 4) is 0 Å². The van der Waals surface area contributed by atoms with Gasteiger partial charge in [0, 0.05) is 24.2 Å². The lowest BCUT2D eigenvalue weighted by Crippen LogP contribution is -2.44. The molecule has 0 radical (unpaired) electrons. The van der Waals surface area contributed by atoms with Gasteiger partial charge in [-0.3, -0.25) is 0 Å². The van der Waals surface area contributed by atoms with Crippen LogP contribution in [0.1, 0.15) is 31.7 Å². The Labute approximate surface area is 105 Å². The predicted molar refractivity (Wildman–Crippen MR) is 74.5 cm³/mol. The van der Waals surface area contributed by atoms with Crippen LogP contribution in [-0.4, -0.2) is 20.1 Å². The van der Waals surface area contributed by atoms with E-state index < -0.39 is 0 Å². The molecule has 2 rings (SSSR count). The van der Waals surface area contributed by atoms with E-state index >= 15 is 0 Å². The molecule has 2 N–H and O–H groups in total. The maximum Gasteiger partial charge on any atom is 0.0340 e. The zero-order chi connectivity index (χ0) is 12.1. The van der Waals surface area contributed by atoms with Gasteiger partial charge in [-0.15, -0.1) is 0 Å². The Morgan fingerprint density at radius 3 is 2.29 bits per heavy atom. The summed E-state index contributed by atoms with van der Waals surface area (Å²) >= 11 is 0. The maximum atomic E-state index is 3.58. The van der Waals surface area contributed by atoms with E-state index in [9.17, 15) is 0 Å². The lowest BCUT2D eigenvalue weighted by molar-refractivity contribution is 0.151. The molecule has 0 unspecified atom stereocenters. The van der Waals surface area contributed by atoms with Crippen molar-refractivity contribution in [1.82, 2.24) is 5.32 Å². The fourth-order valence-corrected chi connectivity index (χ4v) is 2.62. The van der Waals surface area contributed by atoms with E-state index in [0.717, 1.165) is 19.5 Å². The summed E-state index contributed by atoms with van der Waals surface area (Å²) in [7, 11) is 2.05. The van der Waals surface area contributed by atoms with Crippen LogP contribution >= 0.6 is 0 Å². The number of hydrogen-bond acceptors (Lipinski definition) is 2. The Morgan fingerprint density at radius 1 is 1.12 bits per heavy atom. The highest BCUT2D eigenvalue weighted by Gasteiger charge is 2.35. The molecule has 0 atom stereocenters. The molecule has 1 aromatic rings. The van der Waals surface area contributed by atoms with E-state index in [2.05, 4.69) is 48.9 Å². The maximum absolute atomic E-state index is 3.58. The smallest absolute Gasteiger partial charge is 0.0340 e. The Bertz CT molecular complexity index is 338. The van der Waals surface area contributed by atoms with Crippen LogP contribution in [0.2, 0.25) is 0 Å². The molecule has 0 aliphatic heterocycles. The standard InChI is InChI=1S/C15H24N2/c1-3-13-5-7-14(8-6-13)17-12-15(11-16-2)9-4-10-15/h5-8,16-17H,3-4,9-12H2,1-2H3. The third-order valence-electron chi connectivity index (χ3n) is 4.00. The van der Waals surface area contributed by atoms with E-state index in [1.807, 2.05) is 0 Å². The van der Waals surface area contributed by atoms with Gasteiger partial charge < -0.3 is 10.6 Å². The summed E-state index contributed by atoms with van der Waals surface area (Å²) in [6, 6.07) is 8.83. The first-order chi connectivity index (χ1) is 8.28. The zero-order valence-electron chi connectivity index (χ0n) is 11.1. The molecule has 0 bridgehead atoms. The Kier molecular flexibility index (Phi) is 4.06. The summed E-state index contributed by atoms with van der Waals surface area (Å²) in [4.78, 5) is 0. The van der Waals surface area contributed by atoms with Gasteiger partial charge in [0.2, 0.25) is 0 Å². The van der Waals surface area contributed by atoms with Crippen LogP contribution in [0.3, 0.4) is 0 Å². The number of hydrogen-bond donors (Lipinski definition) is 2. The molecule has 1 aliphatic rings. The van der Waals surface area contributed by atoms with Gasteiger partial charge in [-0.1, -0.05) is 25.5 Å². The number of aryl methyl sites for hydroxylation is 1. The lowest BCUT2D eigenvalue weighted by atomic mass is 9.68. The normalized spacial score (nSPS) is 17.5. The van der Waals surface area contributed by atoms with Crippen molar-refractivity contribution in [2.24, 2.45) is 5.41 Å². The first kappa shape index (κ1) is 12.4. The molecular formula is C15H24N2. The van der Waals surface area contributed by atoms with Crippen LogP contribution in [0, 0.1) is 5.41 Å². The van der Waals surface area contributed by atoms with Gasteiger partial charge in [0.15, 0.2) is 0 Å². The molecule has 1 fully saturated rings. The van der Waals surface area contributed by atoms with E-state index in [1.165, 1.54) is 30.5 Å². The second kappa shape index (κ2) is 5.54. The minimum Gasteiger partial charge on any atom is -0.384 e. The van der Waals surface area contributed by atoms with Gasteiger partial charge in [-0.05, 0) is 44.0 Å². The molecule has 17 heavy (non-hydrogen) atoms. The van der Waals surface area contributed by atoms with Crippen molar-refractivity contribution in [3.63, 3.8) is 0 Å². The molecule has 2 heteroatoms. The molecule has 0 saturated heterocycles. The number of anilines is 1. The second-order valence-corrected chi connectivity index (χ2v) is 5.29. The molecule has 0 aromatic heterocycles. The van der Waals surface area contributed by atoms with Gasteiger partial charge in [0.25, 0.3) is 0 Å². The Morgan fingerprint density at radius 2 is 1.82 bits per heavy atom. The molecule has 0 amide bonds. The first-order valence-electron chi connectivity index (χ1n) is 6.75. The summed E-state index contributed by atoms with van der Waals surface area (Å²) in [6.45, 7) is 4.42. The molecule has 1 aromatic carbocycles. The van der Waals surface area contributed by atoms with E-state index in [4.69, 9.17) is 0 Å². The molecule has 1 saturated carbocycles. The Hall–Kier alpha value is -1.02. The summed E-state index contributed by atoms with van der Waals surface area (Å²) < 4.78 is 0. The van der Waals surface area contributed by atoms with Crippen LogP contribution in [0.4, 0.5) is 5.69 Å². The number of benzene rings is 1. The summed E-state index contributed by atoms with van der Waals surface area (Å²) in [5, 5.41) is 6.91. The van der Waals surface area contributed by atoms with Crippen molar-refractivity contribution in [2.45, 2.75) is 32.6 Å². The molecule has 0 spiro atoms. The van der Waals surface area contributed by atoms with Crippen molar-refractivity contribution < 1.29 is 0 Å². The molecule has 0 heterocycles. The quantitative estimate of drug-likeness (QED) is 0.787. The fraction of sp³-hybridized carbons (Fsp3) is 0.600. The average molecular weight is 232 g/mol. The highest BCUT2D eigenvalue weighted by molar-refractivity contribution is 5.44. The van der Waals surface area contributed by atoms with Crippen molar-refractivity contribution in [1.29, 1.82) is 0 Å². The highest BCUT2D eigenvalue weighted by atomic mass is 14.9. The summed E-state index contributed by atoms with van der Waals surface area (Å²) in [5.41, 5.74) is 3.16. The lowest BCUT2D eigenvalue weighted by Gasteiger charge is -2.42. The molecule has 2 nitrogen and oxygen atoms in total. The van der Waals surface area contributed by atoms with E-state index in [0.29, 0.717) is 5.41 Å². The Balaban J connectivity index is 1.87. The molecule has 94 valence electrons. The van der Waals surface area contributed by atoms with E-state index in [1.54, 1.807) is 0 Å². The average Bonchev–Trinajstić information content (AvgIpc) is 2.33. The SMILES string of the molecule is CCc1ccc(NCC2(CNC)CCC2)cc1. The third-order valence-corrected chi connectivity index (χ3v) is 4.00. The summed E-state index contributed by atoms with van der Waals surface area (Å²) in [6.07, 6.45) is 5.21. The van der Waals surface area contributed by atoms with Gasteiger partial charge in [-0.25, -0.2) is 0 Å². The van der Waals surface area contributed by atoms with Crippen LogP contribution < -0.4 is 10.6 Å². The van der Waals surface area contributed by atoms with E-state index in [-0.39, 0.29) is 0 Å². The minimum atomic E-state index is 0.498. The van der Waals surface area contributed by atoms with Crippen molar-refractivity contribution in [3.05, 3.63) is 29.8 Å². The minimum absolute atomic E-state index is 0.498. The topological polar surface area (TPSA) is 24.1 Å². The first-order valence-corrected chi connectivity index (χ1v) is 6.75. The largest absolute Gasteiger partial charge is 0.384 e. The van der Waals surface area contributed by atoms with Crippen LogP contribution in [0.5, 0.6) is 0 Å². The molecule has 1 aliphatic carbocycles. The van der Waals surface area contributed by atoms with Crippen molar-refractivity contribution in [2.75, 3.05) is 25.5 Å². The van der Waals surface area contributed by atoms with Crippen LogP contribution in [-0.2, 0) is 6.42 Å². The number of rotatable bonds is 6. The highest BCUT2D eigenvalue weighted by Crippen LogP contribution is 2.40. The predicted octanol–water partition coefficient (Wildman–Crippen LogP) is 3.05. The zero-order valence-corrected chi connectivity index (χ0v) is 11.1. The summed E-state index contributed by atoms with van der Waals surface area (Å²) in [5.74, 6) is 0. The monoisotopic (exact) mass is 232 g/mol. The number of nitrogens with one attached hydrogen (secondary N) is 2. The second-order valence-electron chi connectivity index (χ2n) is 5.29.